The molecular formula is C22H33N5. The van der Waals surface area contributed by atoms with Crippen LogP contribution in [0.5, 0.6) is 0 Å². The lowest BCUT2D eigenvalue weighted by Crippen LogP contribution is -2.55. The minimum absolute atomic E-state index is 0.123. The van der Waals surface area contributed by atoms with Gasteiger partial charge in [0.25, 0.3) is 0 Å². The van der Waals surface area contributed by atoms with Crippen LogP contribution in [0, 0.1) is 0 Å². The van der Waals surface area contributed by atoms with Crippen molar-refractivity contribution in [3.05, 3.63) is 47.5 Å². The van der Waals surface area contributed by atoms with Crippen molar-refractivity contribution in [2.24, 2.45) is 4.99 Å². The van der Waals surface area contributed by atoms with Gasteiger partial charge in [0.1, 0.15) is 0 Å². The summed E-state index contributed by atoms with van der Waals surface area (Å²) in [5.74, 6) is 1.06. The average Bonchev–Trinajstić information content (AvgIpc) is 3.41. The highest BCUT2D eigenvalue weighted by Crippen LogP contribution is 2.33. The maximum Gasteiger partial charge on any atom is 0.193 e. The quantitative estimate of drug-likeness (QED) is 0.498. The molecule has 27 heavy (non-hydrogen) atoms. The fourth-order valence-electron chi connectivity index (χ4n) is 4.87. The molecule has 2 heterocycles. The maximum absolute atomic E-state index is 4.61. The van der Waals surface area contributed by atoms with Gasteiger partial charge < -0.3 is 15.1 Å². The first-order valence-corrected chi connectivity index (χ1v) is 10.2. The van der Waals surface area contributed by atoms with Crippen molar-refractivity contribution in [3.63, 3.8) is 0 Å². The van der Waals surface area contributed by atoms with E-state index in [1.54, 1.807) is 0 Å². The van der Waals surface area contributed by atoms with Gasteiger partial charge in [-0.2, -0.15) is 0 Å². The van der Waals surface area contributed by atoms with Crippen LogP contribution < -0.4 is 5.32 Å². The third-order valence-corrected chi connectivity index (χ3v) is 6.72. The minimum atomic E-state index is 0.123. The van der Waals surface area contributed by atoms with Crippen LogP contribution in [-0.4, -0.2) is 86.1 Å². The molecule has 1 unspecified atom stereocenters. The zero-order valence-electron chi connectivity index (χ0n) is 17.0. The van der Waals surface area contributed by atoms with Gasteiger partial charge in [0, 0.05) is 51.4 Å². The van der Waals surface area contributed by atoms with Crippen LogP contribution in [0.4, 0.5) is 0 Å². The third-order valence-electron chi connectivity index (χ3n) is 6.72. The molecule has 5 heteroatoms. The van der Waals surface area contributed by atoms with Gasteiger partial charge in [-0.25, -0.2) is 0 Å². The fourth-order valence-corrected chi connectivity index (χ4v) is 4.87. The molecule has 1 aliphatic carbocycles. The van der Waals surface area contributed by atoms with E-state index in [2.05, 4.69) is 75.5 Å². The van der Waals surface area contributed by atoms with Crippen molar-refractivity contribution in [1.82, 2.24) is 20.0 Å². The van der Waals surface area contributed by atoms with Gasteiger partial charge >= 0.3 is 0 Å². The molecule has 1 aromatic rings. The van der Waals surface area contributed by atoms with Crippen molar-refractivity contribution in [2.45, 2.75) is 30.8 Å². The summed E-state index contributed by atoms with van der Waals surface area (Å²) in [5.41, 5.74) is 3.11. The highest BCUT2D eigenvalue weighted by atomic mass is 15.3. The number of guanidine groups is 1. The predicted molar refractivity (Wildman–Crippen MR) is 112 cm³/mol. The predicted octanol–water partition coefficient (Wildman–Crippen LogP) is 1.61. The summed E-state index contributed by atoms with van der Waals surface area (Å²) in [6, 6.07) is 9.54. The SMILES string of the molecule is CN=C(NCC1(N(C)C)Cc2ccccc2C1)N1CCC(N2CC=CC2)C1. The van der Waals surface area contributed by atoms with Gasteiger partial charge in [0.15, 0.2) is 5.96 Å². The summed E-state index contributed by atoms with van der Waals surface area (Å²) in [6.07, 6.45) is 8.00. The van der Waals surface area contributed by atoms with Gasteiger partial charge in [0.2, 0.25) is 0 Å². The second kappa shape index (κ2) is 7.64. The molecule has 4 rings (SSSR count). The molecule has 1 atom stereocenters. The van der Waals surface area contributed by atoms with E-state index < -0.39 is 0 Å². The zero-order chi connectivity index (χ0) is 18.9. The van der Waals surface area contributed by atoms with Crippen molar-refractivity contribution in [3.8, 4) is 0 Å². The lowest BCUT2D eigenvalue weighted by molar-refractivity contribution is 0.163. The van der Waals surface area contributed by atoms with Crippen LogP contribution in [0.25, 0.3) is 0 Å². The third kappa shape index (κ3) is 3.63. The minimum Gasteiger partial charge on any atom is -0.354 e. The van der Waals surface area contributed by atoms with Crippen LogP contribution in [0.1, 0.15) is 17.5 Å². The Labute approximate surface area is 163 Å². The summed E-state index contributed by atoms with van der Waals surface area (Å²) in [5, 5.41) is 3.72. The monoisotopic (exact) mass is 367 g/mol. The van der Waals surface area contributed by atoms with E-state index in [1.807, 2.05) is 7.05 Å². The van der Waals surface area contributed by atoms with Gasteiger partial charge in [-0.3, -0.25) is 9.89 Å². The molecule has 3 aliphatic rings. The lowest BCUT2D eigenvalue weighted by Gasteiger charge is -2.38. The standard InChI is InChI=1S/C22H33N5/c1-23-21(27-13-10-20(16-27)26-11-6-7-12-26)24-17-22(25(2)3)14-18-8-4-5-9-19(18)15-22/h4-9,20H,10-17H2,1-3H3,(H,23,24). The molecule has 1 saturated heterocycles. The van der Waals surface area contributed by atoms with E-state index in [9.17, 15) is 0 Å². The van der Waals surface area contributed by atoms with Crippen molar-refractivity contribution < 1.29 is 0 Å². The number of likely N-dealkylation sites (tertiary alicyclic amines) is 1. The van der Waals surface area contributed by atoms with Crippen molar-refractivity contribution >= 4 is 5.96 Å². The summed E-state index contributed by atoms with van der Waals surface area (Å²) in [7, 11) is 6.34. The first kappa shape index (κ1) is 18.5. The molecule has 0 saturated carbocycles. The molecule has 0 aromatic heterocycles. The smallest absolute Gasteiger partial charge is 0.193 e. The molecule has 0 amide bonds. The van der Waals surface area contributed by atoms with Gasteiger partial charge in [-0.1, -0.05) is 36.4 Å². The van der Waals surface area contributed by atoms with E-state index in [4.69, 9.17) is 0 Å². The summed E-state index contributed by atoms with van der Waals surface area (Å²) < 4.78 is 0. The Morgan fingerprint density at radius 1 is 1.19 bits per heavy atom. The highest BCUT2D eigenvalue weighted by molar-refractivity contribution is 5.80. The van der Waals surface area contributed by atoms with Crippen LogP contribution in [0.2, 0.25) is 0 Å². The second-order valence-corrected chi connectivity index (χ2v) is 8.46. The van der Waals surface area contributed by atoms with Crippen LogP contribution in [0.15, 0.2) is 41.4 Å². The van der Waals surface area contributed by atoms with Gasteiger partial charge in [-0.05, 0) is 44.5 Å². The van der Waals surface area contributed by atoms with E-state index in [1.165, 1.54) is 17.5 Å². The van der Waals surface area contributed by atoms with Crippen molar-refractivity contribution in [1.29, 1.82) is 0 Å². The molecule has 1 fully saturated rings. The van der Waals surface area contributed by atoms with E-state index in [0.29, 0.717) is 6.04 Å². The van der Waals surface area contributed by atoms with E-state index in [-0.39, 0.29) is 5.54 Å². The number of nitrogens with zero attached hydrogens (tertiary/aromatic N) is 4. The highest BCUT2D eigenvalue weighted by Gasteiger charge is 2.39. The number of benzene rings is 1. The number of fused-ring (bicyclic) bond motifs is 1. The molecule has 5 nitrogen and oxygen atoms in total. The molecule has 1 aromatic carbocycles. The molecule has 146 valence electrons. The second-order valence-electron chi connectivity index (χ2n) is 8.46. The Morgan fingerprint density at radius 3 is 2.44 bits per heavy atom. The number of hydrogen-bond donors (Lipinski definition) is 1. The molecular weight excluding hydrogens is 334 g/mol. The Balaban J connectivity index is 1.39. The first-order chi connectivity index (χ1) is 13.1. The molecule has 0 bridgehead atoms. The maximum atomic E-state index is 4.61. The Kier molecular flexibility index (Phi) is 5.24. The molecule has 1 N–H and O–H groups in total. The molecule has 2 aliphatic heterocycles. The van der Waals surface area contributed by atoms with Crippen molar-refractivity contribution in [2.75, 3.05) is 53.9 Å². The molecule has 0 radical (unpaired) electrons. The number of nitrogens with one attached hydrogen (secondary N) is 1. The Morgan fingerprint density at radius 2 is 1.85 bits per heavy atom. The topological polar surface area (TPSA) is 34.1 Å². The number of likely N-dealkylation sites (N-methyl/N-ethyl adjacent to an activating group) is 1. The fraction of sp³-hybridized carbons (Fsp3) is 0.591. The first-order valence-electron chi connectivity index (χ1n) is 10.2. The number of rotatable bonds is 4. The average molecular weight is 368 g/mol. The van der Waals surface area contributed by atoms with Gasteiger partial charge in [0.05, 0.1) is 0 Å². The summed E-state index contributed by atoms with van der Waals surface area (Å²) in [6.45, 7) is 5.30. The Hall–Kier alpha value is -1.85. The van der Waals surface area contributed by atoms with Crippen LogP contribution in [0.3, 0.4) is 0 Å². The largest absolute Gasteiger partial charge is 0.354 e. The van der Waals surface area contributed by atoms with E-state index >= 15 is 0 Å². The lowest BCUT2D eigenvalue weighted by atomic mass is 9.94. The summed E-state index contributed by atoms with van der Waals surface area (Å²) in [4.78, 5) is 12.0. The van der Waals surface area contributed by atoms with Gasteiger partial charge in [-0.15, -0.1) is 0 Å². The normalized spacial score (nSPS) is 24.8. The number of hydrogen-bond acceptors (Lipinski definition) is 3. The summed E-state index contributed by atoms with van der Waals surface area (Å²) >= 11 is 0. The molecule has 0 spiro atoms. The number of aliphatic imine (C=N–C) groups is 1. The van der Waals surface area contributed by atoms with Crippen LogP contribution in [-0.2, 0) is 12.8 Å². The van der Waals surface area contributed by atoms with E-state index in [0.717, 1.165) is 51.5 Å². The van der Waals surface area contributed by atoms with Crippen LogP contribution >= 0.6 is 0 Å². The zero-order valence-corrected chi connectivity index (χ0v) is 17.0. The Bertz CT molecular complexity index is 690.